The summed E-state index contributed by atoms with van der Waals surface area (Å²) in [6.07, 6.45) is 0. The van der Waals surface area contributed by atoms with Crippen molar-refractivity contribution in [2.45, 2.75) is 6.54 Å². The lowest BCUT2D eigenvalue weighted by Crippen LogP contribution is -2.35. The molecule has 0 N–H and O–H groups in total. The fourth-order valence-corrected chi connectivity index (χ4v) is 3.23. The van der Waals surface area contributed by atoms with E-state index < -0.39 is 0 Å². The predicted octanol–water partition coefficient (Wildman–Crippen LogP) is 3.64. The quantitative estimate of drug-likeness (QED) is 0.531. The van der Waals surface area contributed by atoms with E-state index in [-0.39, 0.29) is 10.6 Å². The number of nitro benzene ring substituents is 1. The Morgan fingerprint density at radius 2 is 1.92 bits per heavy atom. The highest BCUT2D eigenvalue weighted by Gasteiger charge is 2.12. The molecule has 2 heterocycles. The van der Waals surface area contributed by atoms with Crippen LogP contribution < -0.4 is 0 Å². The highest BCUT2D eigenvalue weighted by Crippen LogP contribution is 2.25. The second-order valence-corrected chi connectivity index (χ2v) is 6.42. The van der Waals surface area contributed by atoms with E-state index in [2.05, 4.69) is 22.0 Å². The van der Waals surface area contributed by atoms with Gasteiger partial charge in [0.15, 0.2) is 0 Å². The molecule has 3 aromatic rings. The number of aromatic nitrogens is 1. The molecule has 0 spiro atoms. The number of pyridine rings is 1. The number of fused-ring (bicyclic) bond motifs is 1. The zero-order valence-electron chi connectivity index (χ0n) is 14.3. The van der Waals surface area contributed by atoms with E-state index in [1.54, 1.807) is 12.1 Å². The molecule has 0 saturated carbocycles. The first-order valence-corrected chi connectivity index (χ1v) is 8.64. The standard InChI is InChI=1S/C20H19N3O3/c24-23(25)18-3-1-2-16(13-18)20-7-5-17-12-15(4-6-19(17)21-20)14-22-8-10-26-11-9-22/h1-7,12-13H,8-11,14H2. The summed E-state index contributed by atoms with van der Waals surface area (Å²) in [5, 5.41) is 12.0. The van der Waals surface area contributed by atoms with Gasteiger partial charge in [-0.3, -0.25) is 15.0 Å². The number of non-ortho nitro benzene ring substituents is 1. The van der Waals surface area contributed by atoms with Crippen molar-refractivity contribution in [3.8, 4) is 11.3 Å². The van der Waals surface area contributed by atoms with Crippen LogP contribution in [0.4, 0.5) is 5.69 Å². The zero-order valence-corrected chi connectivity index (χ0v) is 14.3. The van der Waals surface area contributed by atoms with E-state index in [9.17, 15) is 10.1 Å². The maximum Gasteiger partial charge on any atom is 0.270 e. The molecule has 1 saturated heterocycles. The van der Waals surface area contributed by atoms with Gasteiger partial charge in [0, 0.05) is 42.7 Å². The molecule has 0 atom stereocenters. The number of hydrogen-bond acceptors (Lipinski definition) is 5. The van der Waals surface area contributed by atoms with Crippen LogP contribution in [0.3, 0.4) is 0 Å². The maximum absolute atomic E-state index is 11.0. The van der Waals surface area contributed by atoms with Crippen LogP contribution in [-0.2, 0) is 11.3 Å². The second kappa shape index (κ2) is 7.19. The number of benzene rings is 2. The monoisotopic (exact) mass is 349 g/mol. The highest BCUT2D eigenvalue weighted by molar-refractivity contribution is 5.82. The van der Waals surface area contributed by atoms with E-state index >= 15 is 0 Å². The second-order valence-electron chi connectivity index (χ2n) is 6.42. The minimum absolute atomic E-state index is 0.0743. The number of rotatable bonds is 4. The predicted molar refractivity (Wildman–Crippen MR) is 99.9 cm³/mol. The van der Waals surface area contributed by atoms with Crippen molar-refractivity contribution in [3.05, 3.63) is 70.3 Å². The molecule has 1 aliphatic rings. The SMILES string of the molecule is O=[N+]([O-])c1cccc(-c2ccc3cc(CN4CCOCC4)ccc3n2)c1. The number of hydrogen-bond donors (Lipinski definition) is 0. The van der Waals surface area contributed by atoms with E-state index in [0.29, 0.717) is 0 Å². The van der Waals surface area contributed by atoms with Gasteiger partial charge in [-0.1, -0.05) is 24.3 Å². The Hall–Kier alpha value is -2.83. The summed E-state index contributed by atoms with van der Waals surface area (Å²) in [6, 6.07) is 16.8. The largest absolute Gasteiger partial charge is 0.379 e. The summed E-state index contributed by atoms with van der Waals surface area (Å²) in [4.78, 5) is 17.6. The summed E-state index contributed by atoms with van der Waals surface area (Å²) in [5.74, 6) is 0. The Labute approximate surface area is 151 Å². The molecule has 0 amide bonds. The Morgan fingerprint density at radius 1 is 1.08 bits per heavy atom. The normalized spacial score (nSPS) is 15.2. The number of nitrogens with zero attached hydrogens (tertiary/aromatic N) is 3. The Bertz CT molecular complexity index is 952. The molecule has 132 valence electrons. The fraction of sp³-hybridized carbons (Fsp3) is 0.250. The molecule has 1 aliphatic heterocycles. The van der Waals surface area contributed by atoms with E-state index in [1.807, 2.05) is 24.3 Å². The zero-order chi connectivity index (χ0) is 17.9. The topological polar surface area (TPSA) is 68.5 Å². The number of nitro groups is 1. The molecule has 1 aromatic heterocycles. The molecular formula is C20H19N3O3. The van der Waals surface area contributed by atoms with Crippen LogP contribution in [0.1, 0.15) is 5.56 Å². The molecule has 4 rings (SSSR count). The molecule has 2 aromatic carbocycles. The molecule has 6 heteroatoms. The van der Waals surface area contributed by atoms with Gasteiger partial charge in [0.1, 0.15) is 0 Å². The molecule has 1 fully saturated rings. The van der Waals surface area contributed by atoms with Gasteiger partial charge in [0.2, 0.25) is 0 Å². The van der Waals surface area contributed by atoms with Gasteiger partial charge in [0.25, 0.3) is 5.69 Å². The molecular weight excluding hydrogens is 330 g/mol. The lowest BCUT2D eigenvalue weighted by atomic mass is 10.1. The van der Waals surface area contributed by atoms with Gasteiger partial charge in [-0.15, -0.1) is 0 Å². The van der Waals surface area contributed by atoms with Gasteiger partial charge < -0.3 is 4.74 Å². The third-order valence-corrected chi connectivity index (χ3v) is 4.62. The summed E-state index contributed by atoms with van der Waals surface area (Å²) in [6.45, 7) is 4.42. The average Bonchev–Trinajstić information content (AvgIpc) is 2.68. The number of ether oxygens (including phenoxy) is 1. The van der Waals surface area contributed by atoms with Gasteiger partial charge >= 0.3 is 0 Å². The molecule has 0 radical (unpaired) electrons. The highest BCUT2D eigenvalue weighted by atomic mass is 16.6. The molecule has 0 aliphatic carbocycles. The maximum atomic E-state index is 11.0. The summed E-state index contributed by atoms with van der Waals surface area (Å²) >= 11 is 0. The van der Waals surface area contributed by atoms with Gasteiger partial charge in [-0.05, 0) is 23.8 Å². The van der Waals surface area contributed by atoms with Crippen LogP contribution in [-0.4, -0.2) is 41.1 Å². The Morgan fingerprint density at radius 3 is 2.73 bits per heavy atom. The molecule has 26 heavy (non-hydrogen) atoms. The third-order valence-electron chi connectivity index (χ3n) is 4.62. The summed E-state index contributed by atoms with van der Waals surface area (Å²) in [5.41, 5.74) is 3.70. The minimum atomic E-state index is -0.386. The lowest BCUT2D eigenvalue weighted by molar-refractivity contribution is -0.384. The molecule has 0 unspecified atom stereocenters. The van der Waals surface area contributed by atoms with Crippen LogP contribution in [0.2, 0.25) is 0 Å². The van der Waals surface area contributed by atoms with E-state index in [0.717, 1.165) is 55.0 Å². The lowest BCUT2D eigenvalue weighted by Gasteiger charge is -2.26. The van der Waals surface area contributed by atoms with Crippen LogP contribution >= 0.6 is 0 Å². The van der Waals surface area contributed by atoms with Crippen LogP contribution in [0.5, 0.6) is 0 Å². The Kier molecular flexibility index (Phi) is 4.60. The molecule has 0 bridgehead atoms. The van der Waals surface area contributed by atoms with Crippen molar-refractivity contribution in [1.82, 2.24) is 9.88 Å². The van der Waals surface area contributed by atoms with Crippen molar-refractivity contribution in [3.63, 3.8) is 0 Å². The first-order valence-electron chi connectivity index (χ1n) is 8.64. The van der Waals surface area contributed by atoms with E-state index in [1.165, 1.54) is 11.6 Å². The minimum Gasteiger partial charge on any atom is -0.379 e. The smallest absolute Gasteiger partial charge is 0.270 e. The summed E-state index contributed by atoms with van der Waals surface area (Å²) in [7, 11) is 0. The van der Waals surface area contributed by atoms with E-state index in [4.69, 9.17) is 4.74 Å². The molecule has 6 nitrogen and oxygen atoms in total. The van der Waals surface area contributed by atoms with Crippen LogP contribution in [0.25, 0.3) is 22.2 Å². The van der Waals surface area contributed by atoms with Crippen molar-refractivity contribution < 1.29 is 9.66 Å². The first kappa shape index (κ1) is 16.6. The van der Waals surface area contributed by atoms with Crippen LogP contribution in [0, 0.1) is 10.1 Å². The third kappa shape index (κ3) is 3.56. The first-order chi connectivity index (χ1) is 12.7. The van der Waals surface area contributed by atoms with Crippen molar-refractivity contribution >= 4 is 16.6 Å². The van der Waals surface area contributed by atoms with Crippen molar-refractivity contribution in [2.24, 2.45) is 0 Å². The Balaban J connectivity index is 1.60. The van der Waals surface area contributed by atoms with Gasteiger partial charge in [0.05, 0.1) is 29.3 Å². The average molecular weight is 349 g/mol. The fourth-order valence-electron chi connectivity index (χ4n) is 3.23. The van der Waals surface area contributed by atoms with Crippen molar-refractivity contribution in [1.29, 1.82) is 0 Å². The van der Waals surface area contributed by atoms with Crippen LogP contribution in [0.15, 0.2) is 54.6 Å². The number of morpholine rings is 1. The van der Waals surface area contributed by atoms with Gasteiger partial charge in [-0.25, -0.2) is 4.98 Å². The van der Waals surface area contributed by atoms with Crippen molar-refractivity contribution in [2.75, 3.05) is 26.3 Å². The van der Waals surface area contributed by atoms with Gasteiger partial charge in [-0.2, -0.15) is 0 Å². The summed E-state index contributed by atoms with van der Waals surface area (Å²) < 4.78 is 5.39.